The number of carbonyl (C=O) groups is 1. The van der Waals surface area contributed by atoms with Gasteiger partial charge in [0.2, 0.25) is 5.91 Å². The van der Waals surface area contributed by atoms with Gasteiger partial charge in [0.1, 0.15) is 16.9 Å². The van der Waals surface area contributed by atoms with Gasteiger partial charge in [0.05, 0.1) is 18.0 Å². The highest BCUT2D eigenvalue weighted by Gasteiger charge is 2.46. The van der Waals surface area contributed by atoms with Crippen molar-refractivity contribution >= 4 is 27.8 Å². The van der Waals surface area contributed by atoms with Crippen molar-refractivity contribution in [3.8, 4) is 0 Å². The van der Waals surface area contributed by atoms with Crippen LogP contribution in [0.3, 0.4) is 0 Å². The largest absolute Gasteiger partial charge is 0.461 e. The second-order valence-corrected chi connectivity index (χ2v) is 11.9. The average molecular weight is 501 g/mol. The van der Waals surface area contributed by atoms with Crippen molar-refractivity contribution in [2.45, 2.75) is 77.8 Å². The molecule has 2 bridgehead atoms. The zero-order chi connectivity index (χ0) is 25.4. The molecule has 5 heterocycles. The van der Waals surface area contributed by atoms with Crippen molar-refractivity contribution in [3.63, 3.8) is 0 Å². The molecular formula is C31H36N2O4. The summed E-state index contributed by atoms with van der Waals surface area (Å²) in [6.07, 6.45) is 9.89. The minimum atomic E-state index is -0.414. The number of rotatable bonds is 2. The van der Waals surface area contributed by atoms with E-state index in [2.05, 4.69) is 15.9 Å². The van der Waals surface area contributed by atoms with E-state index >= 15 is 0 Å². The maximum absolute atomic E-state index is 13.9. The van der Waals surface area contributed by atoms with Gasteiger partial charge < -0.3 is 13.7 Å². The predicted molar refractivity (Wildman–Crippen MR) is 144 cm³/mol. The molecule has 0 radical (unpaired) electrons. The van der Waals surface area contributed by atoms with E-state index in [1.165, 1.54) is 37.8 Å². The number of aryl methyl sites for hydroxylation is 3. The summed E-state index contributed by atoms with van der Waals surface area (Å²) >= 11 is 0. The van der Waals surface area contributed by atoms with Crippen LogP contribution in [0.4, 0.5) is 0 Å². The predicted octanol–water partition coefficient (Wildman–Crippen LogP) is 5.43. The highest BCUT2D eigenvalue weighted by molar-refractivity contribution is 5.97. The molecule has 4 aliphatic rings. The Morgan fingerprint density at radius 3 is 2.68 bits per heavy atom. The summed E-state index contributed by atoms with van der Waals surface area (Å²) < 4.78 is 11.6. The van der Waals surface area contributed by atoms with Gasteiger partial charge in [-0.1, -0.05) is 18.1 Å². The van der Waals surface area contributed by atoms with Crippen LogP contribution in [0, 0.1) is 32.6 Å². The molecule has 1 aromatic carbocycles. The third kappa shape index (κ3) is 3.63. The van der Waals surface area contributed by atoms with Crippen LogP contribution < -0.4 is 5.63 Å². The Hall–Kier alpha value is -2.86. The lowest BCUT2D eigenvalue weighted by Crippen LogP contribution is -2.60. The van der Waals surface area contributed by atoms with Gasteiger partial charge in [0.15, 0.2) is 0 Å². The van der Waals surface area contributed by atoms with E-state index in [0.717, 1.165) is 59.2 Å². The molecule has 0 unspecified atom stereocenters. The molecule has 0 saturated carbocycles. The summed E-state index contributed by atoms with van der Waals surface area (Å²) in [5.74, 6) is 2.06. The van der Waals surface area contributed by atoms with Crippen molar-refractivity contribution < 1.29 is 13.6 Å². The Bertz CT molecular complexity index is 1510. The van der Waals surface area contributed by atoms with Gasteiger partial charge in [-0.15, -0.1) is 0 Å². The lowest BCUT2D eigenvalue weighted by molar-refractivity contribution is -0.135. The maximum Gasteiger partial charge on any atom is 0.340 e. The summed E-state index contributed by atoms with van der Waals surface area (Å²) in [6.45, 7) is 9.00. The number of hydrogen-bond acceptors (Lipinski definition) is 5. The first-order valence-electron chi connectivity index (χ1n) is 14.1. The summed E-state index contributed by atoms with van der Waals surface area (Å²) in [5, 5.41) is 1.90. The van der Waals surface area contributed by atoms with Crippen LogP contribution in [0.15, 0.2) is 37.4 Å². The molecule has 2 aromatic heterocycles. The zero-order valence-electron chi connectivity index (χ0n) is 22.1. The molecular weight excluding hydrogens is 464 g/mol. The van der Waals surface area contributed by atoms with Crippen molar-refractivity contribution in [1.82, 2.24) is 9.80 Å². The first-order valence-corrected chi connectivity index (χ1v) is 14.1. The van der Waals surface area contributed by atoms with E-state index in [1.807, 2.05) is 32.9 Å². The minimum absolute atomic E-state index is 0.0565. The van der Waals surface area contributed by atoms with E-state index in [1.54, 1.807) is 0 Å². The van der Waals surface area contributed by atoms with Gasteiger partial charge in [0.25, 0.3) is 0 Å². The maximum atomic E-state index is 13.9. The fourth-order valence-electron chi connectivity index (χ4n) is 7.94. The first kappa shape index (κ1) is 23.3. The standard InChI is InChI=1S/C31H36N2O4/c1-17-19(3)36-27-15-28-24(13-23(17)27)18(2)25(31(35)37-28)14-29(34)33-10-6-7-20-11-21-12-22(30(20)33)16-32-9-5-4-8-26(21)32/h11,13,15,21-22,26,30H,4-10,12,14,16H2,1-3H3/t21-,22-,26+,30+/m0/s1. The molecule has 0 spiro atoms. The van der Waals surface area contributed by atoms with Gasteiger partial charge >= 0.3 is 5.63 Å². The number of likely N-dealkylation sites (tertiary alicyclic amines) is 1. The summed E-state index contributed by atoms with van der Waals surface area (Å²) in [6, 6.07) is 4.73. The van der Waals surface area contributed by atoms with Crippen molar-refractivity contribution in [2.24, 2.45) is 11.8 Å². The van der Waals surface area contributed by atoms with E-state index in [0.29, 0.717) is 29.0 Å². The van der Waals surface area contributed by atoms with E-state index < -0.39 is 5.63 Å². The molecule has 1 amide bonds. The van der Waals surface area contributed by atoms with Gasteiger partial charge in [-0.25, -0.2) is 4.79 Å². The number of piperidine rings is 3. The molecule has 1 aliphatic carbocycles. The monoisotopic (exact) mass is 500 g/mol. The molecule has 4 atom stereocenters. The zero-order valence-corrected chi connectivity index (χ0v) is 22.1. The Labute approximate surface area is 217 Å². The molecule has 3 aliphatic heterocycles. The Kier molecular flexibility index (Phi) is 5.40. The van der Waals surface area contributed by atoms with E-state index in [9.17, 15) is 9.59 Å². The summed E-state index contributed by atoms with van der Waals surface area (Å²) in [4.78, 5) is 31.8. The van der Waals surface area contributed by atoms with E-state index in [4.69, 9.17) is 8.83 Å². The third-order valence-electron chi connectivity index (χ3n) is 9.89. The number of furan rings is 1. The molecule has 0 N–H and O–H groups in total. The van der Waals surface area contributed by atoms with Crippen LogP contribution in [0.5, 0.6) is 0 Å². The number of amides is 1. The SMILES string of the molecule is Cc1oc2cc3oc(=O)c(CC(=O)N4CCCC5=C[C@H]6C[C@@H](CN7CCCC[C@H]67)[C@@H]54)c(C)c3cc2c1C. The third-order valence-corrected chi connectivity index (χ3v) is 9.89. The molecule has 6 nitrogen and oxygen atoms in total. The van der Waals surface area contributed by atoms with Crippen molar-refractivity contribution in [3.05, 3.63) is 56.7 Å². The molecule has 37 heavy (non-hydrogen) atoms. The molecule has 3 saturated heterocycles. The number of hydrogen-bond donors (Lipinski definition) is 0. The van der Waals surface area contributed by atoms with Crippen molar-refractivity contribution in [2.75, 3.05) is 19.6 Å². The number of fused-ring (bicyclic) bond motifs is 8. The first-order chi connectivity index (χ1) is 17.9. The van der Waals surface area contributed by atoms with Crippen LogP contribution in [-0.2, 0) is 11.2 Å². The lowest BCUT2D eigenvalue weighted by Gasteiger charge is -2.54. The molecule has 3 aromatic rings. The normalized spacial score (nSPS) is 27.8. The smallest absolute Gasteiger partial charge is 0.340 e. The van der Waals surface area contributed by atoms with Crippen LogP contribution in [0.2, 0.25) is 0 Å². The second-order valence-electron chi connectivity index (χ2n) is 11.9. The Morgan fingerprint density at radius 2 is 1.81 bits per heavy atom. The number of carbonyl (C=O) groups excluding carboxylic acids is 1. The van der Waals surface area contributed by atoms with Gasteiger partial charge in [-0.3, -0.25) is 9.69 Å². The average Bonchev–Trinajstić information content (AvgIpc) is 3.17. The fraction of sp³-hybridized carbons (Fsp3) is 0.548. The van der Waals surface area contributed by atoms with Gasteiger partial charge in [-0.2, -0.15) is 0 Å². The van der Waals surface area contributed by atoms with Crippen LogP contribution >= 0.6 is 0 Å². The van der Waals surface area contributed by atoms with Crippen LogP contribution in [0.25, 0.3) is 21.9 Å². The quantitative estimate of drug-likeness (QED) is 0.347. The Morgan fingerprint density at radius 1 is 1.00 bits per heavy atom. The van der Waals surface area contributed by atoms with Crippen molar-refractivity contribution in [1.29, 1.82) is 0 Å². The lowest BCUT2D eigenvalue weighted by atomic mass is 9.68. The van der Waals surface area contributed by atoms with Gasteiger partial charge in [-0.05, 0) is 88.4 Å². The highest BCUT2D eigenvalue weighted by Crippen LogP contribution is 2.45. The Balaban J connectivity index is 1.21. The molecule has 7 rings (SSSR count). The summed E-state index contributed by atoms with van der Waals surface area (Å²) in [5.41, 5.74) is 4.71. The summed E-state index contributed by atoms with van der Waals surface area (Å²) in [7, 11) is 0. The molecule has 3 fully saturated rings. The minimum Gasteiger partial charge on any atom is -0.461 e. The highest BCUT2D eigenvalue weighted by atomic mass is 16.4. The topological polar surface area (TPSA) is 66.9 Å². The number of nitrogens with zero attached hydrogens (tertiary/aromatic N) is 2. The van der Waals surface area contributed by atoms with Crippen LogP contribution in [0.1, 0.15) is 61.0 Å². The van der Waals surface area contributed by atoms with E-state index in [-0.39, 0.29) is 18.4 Å². The second kappa shape index (κ2) is 8.59. The van der Waals surface area contributed by atoms with Gasteiger partial charge in [0, 0.05) is 36.0 Å². The fourth-order valence-corrected chi connectivity index (χ4v) is 7.94. The number of benzene rings is 1. The van der Waals surface area contributed by atoms with Crippen LogP contribution in [-0.4, -0.2) is 47.4 Å². The molecule has 194 valence electrons. The molecule has 6 heteroatoms.